The number of nitrogens with two attached hydrogens (primary N) is 1. The fourth-order valence-electron chi connectivity index (χ4n) is 3.34. The molecule has 0 saturated heterocycles. The number of amides is 1. The van der Waals surface area contributed by atoms with Gasteiger partial charge in [0.15, 0.2) is 0 Å². The second kappa shape index (κ2) is 7.17. The predicted octanol–water partition coefficient (Wildman–Crippen LogP) is 4.46. The van der Waals surface area contributed by atoms with Crippen molar-refractivity contribution in [3.8, 4) is 0 Å². The SMILES string of the molecule is CC(C)CC1CCCC(Nc2ccc(Cl)c(C(N)=O)c2)C1. The van der Waals surface area contributed by atoms with Crippen molar-refractivity contribution >= 4 is 23.2 Å². The van der Waals surface area contributed by atoms with Crippen LogP contribution in [0.3, 0.4) is 0 Å². The van der Waals surface area contributed by atoms with E-state index in [4.69, 9.17) is 17.3 Å². The molecule has 0 aromatic heterocycles. The lowest BCUT2D eigenvalue weighted by Gasteiger charge is -2.31. The number of primary amides is 1. The van der Waals surface area contributed by atoms with Crippen LogP contribution in [0, 0.1) is 11.8 Å². The summed E-state index contributed by atoms with van der Waals surface area (Å²) in [6, 6.07) is 5.89. The monoisotopic (exact) mass is 308 g/mol. The number of rotatable bonds is 5. The Kier molecular flexibility index (Phi) is 5.51. The number of carbonyl (C=O) groups excluding carboxylic acids is 1. The number of halogens is 1. The van der Waals surface area contributed by atoms with E-state index in [1.54, 1.807) is 12.1 Å². The van der Waals surface area contributed by atoms with Crippen LogP contribution in [0.15, 0.2) is 18.2 Å². The highest BCUT2D eigenvalue weighted by atomic mass is 35.5. The summed E-state index contributed by atoms with van der Waals surface area (Å²) in [5, 5.41) is 3.95. The molecular formula is C17H25ClN2O. The molecule has 0 bridgehead atoms. The number of anilines is 1. The molecule has 1 aliphatic carbocycles. The molecule has 3 nitrogen and oxygen atoms in total. The molecular weight excluding hydrogens is 284 g/mol. The molecule has 0 spiro atoms. The third kappa shape index (κ3) is 4.63. The summed E-state index contributed by atoms with van der Waals surface area (Å²) in [6.07, 6.45) is 6.29. The normalized spacial score (nSPS) is 22.3. The van der Waals surface area contributed by atoms with E-state index in [1.165, 1.54) is 32.1 Å². The maximum absolute atomic E-state index is 11.3. The van der Waals surface area contributed by atoms with Crippen LogP contribution in [0.25, 0.3) is 0 Å². The average Bonchev–Trinajstić information content (AvgIpc) is 2.40. The zero-order valence-corrected chi connectivity index (χ0v) is 13.6. The minimum Gasteiger partial charge on any atom is -0.382 e. The molecule has 3 N–H and O–H groups in total. The molecule has 0 aliphatic heterocycles. The number of benzene rings is 1. The summed E-state index contributed by atoms with van der Waals surface area (Å²) in [4.78, 5) is 11.3. The van der Waals surface area contributed by atoms with Gasteiger partial charge < -0.3 is 11.1 Å². The van der Waals surface area contributed by atoms with Crippen molar-refractivity contribution in [3.63, 3.8) is 0 Å². The fraction of sp³-hybridized carbons (Fsp3) is 0.588. The van der Waals surface area contributed by atoms with Gasteiger partial charge in [0.2, 0.25) is 5.91 Å². The van der Waals surface area contributed by atoms with Crippen LogP contribution in [0.5, 0.6) is 0 Å². The molecule has 21 heavy (non-hydrogen) atoms. The summed E-state index contributed by atoms with van der Waals surface area (Å²) in [5.74, 6) is 1.08. The molecule has 0 heterocycles. The van der Waals surface area contributed by atoms with E-state index in [9.17, 15) is 4.79 Å². The van der Waals surface area contributed by atoms with E-state index >= 15 is 0 Å². The van der Waals surface area contributed by atoms with Crippen LogP contribution >= 0.6 is 11.6 Å². The highest BCUT2D eigenvalue weighted by Gasteiger charge is 2.22. The van der Waals surface area contributed by atoms with Gasteiger partial charge in [-0.25, -0.2) is 0 Å². The molecule has 1 aliphatic rings. The average molecular weight is 309 g/mol. The Hall–Kier alpha value is -1.22. The molecule has 116 valence electrons. The number of hydrogen-bond donors (Lipinski definition) is 2. The van der Waals surface area contributed by atoms with Crippen LogP contribution in [-0.2, 0) is 0 Å². The Bertz CT molecular complexity index is 502. The maximum Gasteiger partial charge on any atom is 0.250 e. The van der Waals surface area contributed by atoms with Crippen LogP contribution in [0.2, 0.25) is 5.02 Å². The fourth-order valence-corrected chi connectivity index (χ4v) is 3.55. The first kappa shape index (κ1) is 16.2. The number of carbonyl (C=O) groups is 1. The zero-order chi connectivity index (χ0) is 15.4. The molecule has 2 atom stereocenters. The summed E-state index contributed by atoms with van der Waals surface area (Å²) < 4.78 is 0. The Morgan fingerprint density at radius 3 is 2.86 bits per heavy atom. The number of hydrogen-bond acceptors (Lipinski definition) is 2. The number of nitrogens with one attached hydrogen (secondary N) is 1. The molecule has 1 aromatic carbocycles. The first-order valence-corrected chi connectivity index (χ1v) is 8.19. The molecule has 1 aromatic rings. The van der Waals surface area contributed by atoms with Crippen LogP contribution in [-0.4, -0.2) is 11.9 Å². The van der Waals surface area contributed by atoms with Crippen molar-refractivity contribution in [3.05, 3.63) is 28.8 Å². The van der Waals surface area contributed by atoms with Crippen LogP contribution in [0.4, 0.5) is 5.69 Å². The quantitative estimate of drug-likeness (QED) is 0.844. The molecule has 2 rings (SSSR count). The van der Waals surface area contributed by atoms with Gasteiger partial charge in [0, 0.05) is 11.7 Å². The van der Waals surface area contributed by atoms with Crippen LogP contribution in [0.1, 0.15) is 56.3 Å². The standard InChI is InChI=1S/C17H25ClN2O/c1-11(2)8-12-4-3-5-13(9-12)20-14-6-7-16(18)15(10-14)17(19)21/h6-7,10-13,20H,3-5,8-9H2,1-2H3,(H2,19,21). The first-order valence-electron chi connectivity index (χ1n) is 7.81. The van der Waals surface area contributed by atoms with Crippen molar-refractivity contribution in [2.75, 3.05) is 5.32 Å². The first-order chi connectivity index (χ1) is 9.95. The lowest BCUT2D eigenvalue weighted by Crippen LogP contribution is -2.28. The molecule has 2 unspecified atom stereocenters. The lowest BCUT2D eigenvalue weighted by molar-refractivity contribution is 0.100. The maximum atomic E-state index is 11.3. The molecule has 4 heteroatoms. The lowest BCUT2D eigenvalue weighted by atomic mass is 9.81. The van der Waals surface area contributed by atoms with Crippen molar-refractivity contribution < 1.29 is 4.79 Å². The third-order valence-corrected chi connectivity index (χ3v) is 4.52. The van der Waals surface area contributed by atoms with Gasteiger partial charge in [-0.05, 0) is 49.3 Å². The zero-order valence-electron chi connectivity index (χ0n) is 12.9. The minimum atomic E-state index is -0.482. The van der Waals surface area contributed by atoms with Gasteiger partial charge in [0.25, 0.3) is 0 Å². The van der Waals surface area contributed by atoms with E-state index < -0.39 is 5.91 Å². The van der Waals surface area contributed by atoms with Crippen LogP contribution < -0.4 is 11.1 Å². The Labute approximate surface area is 132 Å². The van der Waals surface area contributed by atoms with Crippen molar-refractivity contribution in [1.29, 1.82) is 0 Å². The van der Waals surface area contributed by atoms with Crippen molar-refractivity contribution in [1.82, 2.24) is 0 Å². The van der Waals surface area contributed by atoms with E-state index in [1.807, 2.05) is 6.07 Å². The van der Waals surface area contributed by atoms with Gasteiger partial charge in [-0.1, -0.05) is 38.3 Å². The highest BCUT2D eigenvalue weighted by molar-refractivity contribution is 6.33. The predicted molar refractivity (Wildman–Crippen MR) is 88.8 cm³/mol. The molecule has 1 fully saturated rings. The molecule has 1 amide bonds. The van der Waals surface area contributed by atoms with Gasteiger partial charge >= 0.3 is 0 Å². The van der Waals surface area contributed by atoms with Gasteiger partial charge in [0.1, 0.15) is 0 Å². The summed E-state index contributed by atoms with van der Waals surface area (Å²) in [6.45, 7) is 4.57. The highest BCUT2D eigenvalue weighted by Crippen LogP contribution is 2.31. The Morgan fingerprint density at radius 2 is 2.19 bits per heavy atom. The second-order valence-electron chi connectivity index (χ2n) is 6.56. The molecule has 1 saturated carbocycles. The van der Waals surface area contributed by atoms with Gasteiger partial charge in [0.05, 0.1) is 10.6 Å². The van der Waals surface area contributed by atoms with Gasteiger partial charge in [-0.2, -0.15) is 0 Å². The van der Waals surface area contributed by atoms with E-state index in [2.05, 4.69) is 19.2 Å². The molecule has 0 radical (unpaired) electrons. The smallest absolute Gasteiger partial charge is 0.250 e. The topological polar surface area (TPSA) is 55.1 Å². The van der Waals surface area contributed by atoms with Crippen molar-refractivity contribution in [2.24, 2.45) is 17.6 Å². The van der Waals surface area contributed by atoms with Gasteiger partial charge in [-0.15, -0.1) is 0 Å². The second-order valence-corrected chi connectivity index (χ2v) is 6.97. The Morgan fingerprint density at radius 1 is 1.43 bits per heavy atom. The summed E-state index contributed by atoms with van der Waals surface area (Å²) in [5.41, 5.74) is 6.66. The minimum absolute atomic E-state index is 0.385. The summed E-state index contributed by atoms with van der Waals surface area (Å²) in [7, 11) is 0. The Balaban J connectivity index is 2.01. The van der Waals surface area contributed by atoms with E-state index in [-0.39, 0.29) is 0 Å². The van der Waals surface area contributed by atoms with Crippen molar-refractivity contribution in [2.45, 2.75) is 52.0 Å². The largest absolute Gasteiger partial charge is 0.382 e. The van der Waals surface area contributed by atoms with E-state index in [0.29, 0.717) is 16.6 Å². The summed E-state index contributed by atoms with van der Waals surface area (Å²) >= 11 is 5.99. The third-order valence-electron chi connectivity index (χ3n) is 4.19. The van der Waals surface area contributed by atoms with Gasteiger partial charge in [-0.3, -0.25) is 4.79 Å². The van der Waals surface area contributed by atoms with E-state index in [0.717, 1.165) is 17.5 Å².